The molecule has 0 aromatic heterocycles. The van der Waals surface area contributed by atoms with Gasteiger partial charge < -0.3 is 5.32 Å². The van der Waals surface area contributed by atoms with Crippen LogP contribution in [-0.4, -0.2) is 24.7 Å². The van der Waals surface area contributed by atoms with Crippen LogP contribution in [0.15, 0.2) is 24.3 Å². The van der Waals surface area contributed by atoms with Crippen LogP contribution in [0.1, 0.15) is 37.4 Å². The minimum Gasteiger partial charge on any atom is -0.358 e. The van der Waals surface area contributed by atoms with E-state index in [-0.39, 0.29) is 18.0 Å². The van der Waals surface area contributed by atoms with Crippen molar-refractivity contribution in [2.45, 2.75) is 38.1 Å². The molecule has 2 N–H and O–H groups in total. The van der Waals surface area contributed by atoms with Crippen LogP contribution in [-0.2, 0) is 10.5 Å². The quantitative estimate of drug-likeness (QED) is 0.877. The molecule has 0 bridgehead atoms. The molecule has 2 rings (SSSR count). The minimum atomic E-state index is -0.114. The number of rotatable bonds is 5. The van der Waals surface area contributed by atoms with E-state index in [1.54, 1.807) is 7.05 Å². The van der Waals surface area contributed by atoms with Crippen molar-refractivity contribution in [3.05, 3.63) is 35.4 Å². The Labute approximate surface area is 125 Å². The number of benzene rings is 1. The molecule has 1 aromatic rings. The zero-order valence-electron chi connectivity index (χ0n) is 12.5. The average Bonchev–Trinajstić information content (AvgIpc) is 2.45. The van der Waals surface area contributed by atoms with E-state index in [1.807, 2.05) is 11.8 Å². The Kier molecular flexibility index (Phi) is 5.49. The lowest BCUT2D eigenvalue weighted by Crippen LogP contribution is -2.46. The van der Waals surface area contributed by atoms with E-state index >= 15 is 0 Å². The molecule has 2 atom stereocenters. The topological polar surface area (TPSA) is 41.1 Å². The summed E-state index contributed by atoms with van der Waals surface area (Å²) in [6.07, 6.45) is 0.864. The van der Waals surface area contributed by atoms with Crippen molar-refractivity contribution >= 4 is 17.7 Å². The van der Waals surface area contributed by atoms with Crippen LogP contribution in [0.4, 0.5) is 0 Å². The summed E-state index contributed by atoms with van der Waals surface area (Å²) in [7, 11) is 1.71. The molecule has 0 saturated heterocycles. The van der Waals surface area contributed by atoms with E-state index < -0.39 is 0 Å². The van der Waals surface area contributed by atoms with Gasteiger partial charge >= 0.3 is 0 Å². The first-order chi connectivity index (χ1) is 9.61. The van der Waals surface area contributed by atoms with Gasteiger partial charge in [-0.05, 0) is 23.5 Å². The Morgan fingerprint density at radius 3 is 2.85 bits per heavy atom. The Hall–Kier alpha value is -1.00. The molecule has 4 heteroatoms. The molecule has 3 nitrogen and oxygen atoms in total. The molecule has 0 spiro atoms. The van der Waals surface area contributed by atoms with Crippen LogP contribution in [0.3, 0.4) is 0 Å². The first-order valence-corrected chi connectivity index (χ1v) is 8.40. The summed E-state index contributed by atoms with van der Waals surface area (Å²) in [4.78, 5) is 12.1. The number of hydrogen-bond donors (Lipinski definition) is 2. The highest BCUT2D eigenvalue weighted by Crippen LogP contribution is 2.32. The molecular formula is C16H24N2OS. The van der Waals surface area contributed by atoms with Gasteiger partial charge in [-0.1, -0.05) is 38.1 Å². The van der Waals surface area contributed by atoms with Crippen LogP contribution in [0.5, 0.6) is 0 Å². The second-order valence-electron chi connectivity index (χ2n) is 5.73. The molecule has 2 unspecified atom stereocenters. The van der Waals surface area contributed by atoms with E-state index in [9.17, 15) is 4.79 Å². The first-order valence-electron chi connectivity index (χ1n) is 7.25. The first kappa shape index (κ1) is 15.4. The molecule has 0 saturated carbocycles. The smallest absolute Gasteiger partial charge is 0.236 e. The average molecular weight is 292 g/mol. The molecule has 1 aromatic carbocycles. The van der Waals surface area contributed by atoms with Gasteiger partial charge in [0.15, 0.2) is 0 Å². The van der Waals surface area contributed by atoms with Crippen molar-refractivity contribution in [3.8, 4) is 0 Å². The number of thioether (sulfide) groups is 1. The summed E-state index contributed by atoms with van der Waals surface area (Å²) in [5.74, 6) is 2.69. The van der Waals surface area contributed by atoms with Gasteiger partial charge in [-0.2, -0.15) is 11.8 Å². The molecule has 1 aliphatic heterocycles. The summed E-state index contributed by atoms with van der Waals surface area (Å²) >= 11 is 1.93. The minimum absolute atomic E-state index is 0.0896. The number of fused-ring (bicyclic) bond motifs is 1. The SMILES string of the molecule is CNC(=O)C(CC(C)C)NC1CSCc2ccccc21. The number of amides is 1. The molecule has 0 radical (unpaired) electrons. The van der Waals surface area contributed by atoms with Crippen LogP contribution >= 0.6 is 11.8 Å². The lowest BCUT2D eigenvalue weighted by atomic mass is 9.98. The number of carbonyl (C=O) groups excluding carboxylic acids is 1. The van der Waals surface area contributed by atoms with Crippen LogP contribution in [0.2, 0.25) is 0 Å². The second-order valence-corrected chi connectivity index (χ2v) is 6.76. The molecule has 1 heterocycles. The highest BCUT2D eigenvalue weighted by molar-refractivity contribution is 7.98. The van der Waals surface area contributed by atoms with Gasteiger partial charge in [-0.3, -0.25) is 10.1 Å². The zero-order valence-corrected chi connectivity index (χ0v) is 13.3. The largest absolute Gasteiger partial charge is 0.358 e. The van der Waals surface area contributed by atoms with Crippen molar-refractivity contribution in [1.29, 1.82) is 0 Å². The molecule has 0 fully saturated rings. The number of hydrogen-bond acceptors (Lipinski definition) is 3. The fourth-order valence-corrected chi connectivity index (χ4v) is 3.77. The monoisotopic (exact) mass is 292 g/mol. The molecule has 1 aliphatic rings. The highest BCUT2D eigenvalue weighted by atomic mass is 32.2. The summed E-state index contributed by atoms with van der Waals surface area (Å²) in [5, 5.41) is 6.34. The highest BCUT2D eigenvalue weighted by Gasteiger charge is 2.26. The predicted molar refractivity (Wildman–Crippen MR) is 85.8 cm³/mol. The fourth-order valence-electron chi connectivity index (χ4n) is 2.66. The zero-order chi connectivity index (χ0) is 14.5. The molecule has 0 aliphatic carbocycles. The third kappa shape index (κ3) is 3.76. The fraction of sp³-hybridized carbons (Fsp3) is 0.562. The lowest BCUT2D eigenvalue weighted by molar-refractivity contribution is -0.123. The van der Waals surface area contributed by atoms with Crippen molar-refractivity contribution in [1.82, 2.24) is 10.6 Å². The Bertz CT molecular complexity index is 462. The van der Waals surface area contributed by atoms with Gasteiger partial charge in [0, 0.05) is 24.6 Å². The van der Waals surface area contributed by atoms with Gasteiger partial charge in [0.1, 0.15) is 0 Å². The van der Waals surface area contributed by atoms with Crippen molar-refractivity contribution in [2.75, 3.05) is 12.8 Å². The maximum Gasteiger partial charge on any atom is 0.236 e. The second kappa shape index (κ2) is 7.14. The number of carbonyl (C=O) groups is 1. The summed E-state index contributed by atoms with van der Waals surface area (Å²) < 4.78 is 0. The molecule has 1 amide bonds. The molecule has 110 valence electrons. The standard InChI is InChI=1S/C16H24N2OS/c1-11(2)8-14(16(19)17-3)18-15-10-20-9-12-6-4-5-7-13(12)15/h4-7,11,14-15,18H,8-10H2,1-3H3,(H,17,19). The van der Waals surface area contributed by atoms with Crippen molar-refractivity contribution < 1.29 is 4.79 Å². The summed E-state index contributed by atoms with van der Waals surface area (Å²) in [5.41, 5.74) is 2.74. The third-order valence-corrected chi connectivity index (χ3v) is 4.73. The van der Waals surface area contributed by atoms with Crippen molar-refractivity contribution in [2.24, 2.45) is 5.92 Å². The maximum atomic E-state index is 12.1. The van der Waals surface area contributed by atoms with Crippen LogP contribution in [0, 0.1) is 5.92 Å². The van der Waals surface area contributed by atoms with Gasteiger partial charge in [-0.15, -0.1) is 0 Å². The number of likely N-dealkylation sites (N-methyl/N-ethyl adjacent to an activating group) is 1. The summed E-state index contributed by atoms with van der Waals surface area (Å²) in [6.45, 7) is 4.31. The summed E-state index contributed by atoms with van der Waals surface area (Å²) in [6, 6.07) is 8.70. The molecule has 20 heavy (non-hydrogen) atoms. The van der Waals surface area contributed by atoms with Gasteiger partial charge in [-0.25, -0.2) is 0 Å². The normalized spacial score (nSPS) is 19.5. The van der Waals surface area contributed by atoms with Gasteiger partial charge in [0.25, 0.3) is 0 Å². The van der Waals surface area contributed by atoms with Crippen molar-refractivity contribution in [3.63, 3.8) is 0 Å². The Balaban J connectivity index is 2.13. The predicted octanol–water partition coefficient (Wildman–Crippen LogP) is 2.72. The van der Waals surface area contributed by atoms with E-state index in [0.29, 0.717) is 5.92 Å². The van der Waals surface area contributed by atoms with Crippen LogP contribution < -0.4 is 10.6 Å². The van der Waals surface area contributed by atoms with Gasteiger partial charge in [0.2, 0.25) is 5.91 Å². The van der Waals surface area contributed by atoms with E-state index in [0.717, 1.165) is 17.9 Å². The maximum absolute atomic E-state index is 12.1. The van der Waals surface area contributed by atoms with E-state index in [1.165, 1.54) is 11.1 Å². The van der Waals surface area contributed by atoms with Crippen LogP contribution in [0.25, 0.3) is 0 Å². The Morgan fingerprint density at radius 1 is 1.40 bits per heavy atom. The molecular weight excluding hydrogens is 268 g/mol. The van der Waals surface area contributed by atoms with E-state index in [4.69, 9.17) is 0 Å². The number of nitrogens with one attached hydrogen (secondary N) is 2. The third-order valence-electron chi connectivity index (χ3n) is 3.64. The van der Waals surface area contributed by atoms with Gasteiger partial charge in [0.05, 0.1) is 6.04 Å². The Morgan fingerprint density at radius 2 is 2.15 bits per heavy atom. The van der Waals surface area contributed by atoms with E-state index in [2.05, 4.69) is 48.7 Å². The lowest BCUT2D eigenvalue weighted by Gasteiger charge is -2.30.